The maximum Gasteiger partial charge on any atom is 0.222 e. The molecule has 1 atom stereocenters. The summed E-state index contributed by atoms with van der Waals surface area (Å²) in [6.45, 7) is 11.8. The number of carbonyl (C=O) groups excluding carboxylic acids is 1. The van der Waals surface area contributed by atoms with Crippen molar-refractivity contribution in [3.05, 3.63) is 0 Å². The molecule has 4 nitrogen and oxygen atoms in total. The third-order valence-corrected chi connectivity index (χ3v) is 2.94. The average molecular weight is 266 g/mol. The molecule has 0 radical (unpaired) electrons. The number of nitrogens with one attached hydrogen (secondary N) is 1. The first-order valence-corrected chi connectivity index (χ1v) is 7.09. The van der Waals surface area contributed by atoms with E-state index in [0.717, 1.165) is 19.6 Å². The van der Waals surface area contributed by atoms with Gasteiger partial charge in [-0.2, -0.15) is 0 Å². The molecule has 0 spiro atoms. The highest BCUT2D eigenvalue weighted by Gasteiger charge is 2.20. The number of morpholine rings is 1. The largest absolute Gasteiger partial charge is 0.374 e. The van der Waals surface area contributed by atoms with Gasteiger partial charge < -0.3 is 10.1 Å². The lowest BCUT2D eigenvalue weighted by Crippen LogP contribution is -2.48. The van der Waals surface area contributed by atoms with Gasteiger partial charge in [0, 0.05) is 31.5 Å². The molecular weight excluding hydrogens is 240 g/mol. The summed E-state index contributed by atoms with van der Waals surface area (Å²) in [5.41, 5.74) is 0. The van der Waals surface area contributed by atoms with Crippen LogP contribution < -0.4 is 5.32 Å². The van der Waals surface area contributed by atoms with Crippen LogP contribution in [0.2, 0.25) is 0 Å². The van der Waals surface area contributed by atoms with Gasteiger partial charge in [0.1, 0.15) is 0 Å². The molecule has 0 unspecified atom stereocenters. The van der Waals surface area contributed by atoms with E-state index in [9.17, 15) is 4.79 Å². The van der Waals surface area contributed by atoms with E-state index in [2.05, 4.69) is 35.9 Å². The Balaban J connectivity index is 2.30. The summed E-state index contributed by atoms with van der Waals surface area (Å²) in [6, 6.07) is 0. The highest BCUT2D eigenvalue weighted by Crippen LogP contribution is 2.04. The molecule has 0 aromatic heterocycles. The average Bonchev–Trinajstić information content (AvgIpc) is 2.36. The number of carbonyl (C=O) groups is 1. The van der Waals surface area contributed by atoms with Crippen LogP contribution in [0.4, 0.5) is 0 Å². The summed E-state index contributed by atoms with van der Waals surface area (Å²) in [5, 5.41) is 2.92. The van der Waals surface area contributed by atoms with Crippen LogP contribution >= 0.6 is 0 Å². The van der Waals surface area contributed by atoms with Gasteiger partial charge >= 0.3 is 0 Å². The standard InChI is InChI=1S/C15H26N2O2/c1-12(2)6-5-7-17-8-9-19-14(11-17)10-16-15(18)13(3)4/h12-14H,7-11H2,1-4H3,(H,16,18)/t14-/m0/s1. The maximum absolute atomic E-state index is 11.5. The van der Waals surface area contributed by atoms with Gasteiger partial charge in [0.2, 0.25) is 5.91 Å². The van der Waals surface area contributed by atoms with Crippen LogP contribution in [0.15, 0.2) is 0 Å². The minimum absolute atomic E-state index is 0.0246. The van der Waals surface area contributed by atoms with Crippen LogP contribution in [0, 0.1) is 23.7 Å². The predicted molar refractivity (Wildman–Crippen MR) is 76.6 cm³/mol. The van der Waals surface area contributed by atoms with Crippen LogP contribution in [0.1, 0.15) is 27.7 Å². The van der Waals surface area contributed by atoms with Gasteiger partial charge in [-0.3, -0.25) is 9.69 Å². The Morgan fingerprint density at radius 2 is 2.16 bits per heavy atom. The third-order valence-electron chi connectivity index (χ3n) is 2.94. The summed E-state index contributed by atoms with van der Waals surface area (Å²) in [4.78, 5) is 13.8. The van der Waals surface area contributed by atoms with Gasteiger partial charge in [0.25, 0.3) is 0 Å². The molecule has 108 valence electrons. The van der Waals surface area contributed by atoms with Gasteiger partial charge in [-0.05, 0) is 0 Å². The van der Waals surface area contributed by atoms with Crippen LogP contribution in [0.25, 0.3) is 0 Å². The number of rotatable bonds is 4. The first kappa shape index (κ1) is 16.0. The molecule has 0 aromatic rings. The third kappa shape index (κ3) is 6.60. The lowest BCUT2D eigenvalue weighted by molar-refractivity contribution is -0.125. The quantitative estimate of drug-likeness (QED) is 0.775. The van der Waals surface area contributed by atoms with Gasteiger partial charge in [-0.25, -0.2) is 0 Å². The normalized spacial score (nSPS) is 20.2. The number of amides is 1. The first-order valence-electron chi connectivity index (χ1n) is 7.09. The van der Waals surface area contributed by atoms with Gasteiger partial charge in [-0.1, -0.05) is 39.5 Å². The Bertz CT molecular complexity index is 342. The van der Waals surface area contributed by atoms with Crippen molar-refractivity contribution in [2.75, 3.05) is 32.8 Å². The zero-order valence-corrected chi connectivity index (χ0v) is 12.5. The molecule has 1 aliphatic rings. The molecule has 1 rings (SSSR count). The van der Waals surface area contributed by atoms with Crippen molar-refractivity contribution >= 4 is 5.91 Å². The SMILES string of the molecule is CC(C)C#CCN1CCO[C@@H](CNC(=O)C(C)C)C1. The lowest BCUT2D eigenvalue weighted by atomic mass is 10.2. The zero-order chi connectivity index (χ0) is 14.3. The van der Waals surface area contributed by atoms with E-state index in [1.807, 2.05) is 13.8 Å². The van der Waals surface area contributed by atoms with E-state index in [1.54, 1.807) is 0 Å². The van der Waals surface area contributed by atoms with Crippen molar-refractivity contribution in [2.24, 2.45) is 11.8 Å². The summed E-state index contributed by atoms with van der Waals surface area (Å²) in [6.07, 6.45) is 0.0808. The smallest absolute Gasteiger partial charge is 0.222 e. The van der Waals surface area contributed by atoms with Crippen LogP contribution in [-0.4, -0.2) is 49.7 Å². The summed E-state index contributed by atoms with van der Waals surface area (Å²) in [7, 11) is 0. The Hall–Kier alpha value is -1.05. The zero-order valence-electron chi connectivity index (χ0n) is 12.5. The van der Waals surface area contributed by atoms with Crippen LogP contribution in [0.3, 0.4) is 0 Å². The first-order chi connectivity index (χ1) is 8.99. The molecule has 4 heteroatoms. The second-order valence-corrected chi connectivity index (χ2v) is 5.60. The van der Waals surface area contributed by atoms with Crippen molar-refractivity contribution in [1.82, 2.24) is 10.2 Å². The predicted octanol–water partition coefficient (Wildman–Crippen LogP) is 1.12. The fourth-order valence-electron chi connectivity index (χ4n) is 1.83. The molecule has 1 saturated heterocycles. The monoisotopic (exact) mass is 266 g/mol. The molecule has 0 saturated carbocycles. The van der Waals surface area contributed by atoms with E-state index in [-0.39, 0.29) is 17.9 Å². The van der Waals surface area contributed by atoms with Crippen molar-refractivity contribution < 1.29 is 9.53 Å². The second-order valence-electron chi connectivity index (χ2n) is 5.60. The van der Waals surface area contributed by atoms with E-state index in [1.165, 1.54) is 0 Å². The molecule has 0 aliphatic carbocycles. The fraction of sp³-hybridized carbons (Fsp3) is 0.800. The Morgan fingerprint density at radius 3 is 2.79 bits per heavy atom. The number of ether oxygens (including phenoxy) is 1. The molecule has 1 aliphatic heterocycles. The lowest BCUT2D eigenvalue weighted by Gasteiger charge is -2.31. The summed E-state index contributed by atoms with van der Waals surface area (Å²) in [5.74, 6) is 6.89. The van der Waals surface area contributed by atoms with E-state index in [0.29, 0.717) is 19.1 Å². The topological polar surface area (TPSA) is 41.6 Å². The van der Waals surface area contributed by atoms with Crippen molar-refractivity contribution in [3.8, 4) is 11.8 Å². The second kappa shape index (κ2) is 8.19. The van der Waals surface area contributed by atoms with Crippen molar-refractivity contribution in [3.63, 3.8) is 0 Å². The molecule has 1 fully saturated rings. The highest BCUT2D eigenvalue weighted by atomic mass is 16.5. The molecule has 0 aromatic carbocycles. The number of hydrogen-bond acceptors (Lipinski definition) is 3. The molecular formula is C15H26N2O2. The molecule has 19 heavy (non-hydrogen) atoms. The highest BCUT2D eigenvalue weighted by molar-refractivity contribution is 5.77. The maximum atomic E-state index is 11.5. The summed E-state index contributed by atoms with van der Waals surface area (Å²) >= 11 is 0. The van der Waals surface area contributed by atoms with Crippen LogP contribution in [-0.2, 0) is 9.53 Å². The molecule has 1 amide bonds. The minimum Gasteiger partial charge on any atom is -0.374 e. The fourth-order valence-corrected chi connectivity index (χ4v) is 1.83. The Labute approximate surface area is 116 Å². The van der Waals surface area contributed by atoms with Crippen molar-refractivity contribution in [1.29, 1.82) is 0 Å². The Morgan fingerprint density at radius 1 is 1.42 bits per heavy atom. The van der Waals surface area contributed by atoms with E-state index in [4.69, 9.17) is 4.74 Å². The molecule has 0 bridgehead atoms. The summed E-state index contributed by atoms with van der Waals surface area (Å²) < 4.78 is 5.66. The van der Waals surface area contributed by atoms with Crippen molar-refractivity contribution in [2.45, 2.75) is 33.8 Å². The molecule has 1 N–H and O–H groups in total. The van der Waals surface area contributed by atoms with Gasteiger partial charge in [-0.15, -0.1) is 0 Å². The molecule has 1 heterocycles. The minimum atomic E-state index is 0.0246. The van der Waals surface area contributed by atoms with E-state index >= 15 is 0 Å². The number of hydrogen-bond donors (Lipinski definition) is 1. The van der Waals surface area contributed by atoms with Gasteiger partial charge in [0.05, 0.1) is 19.3 Å². The van der Waals surface area contributed by atoms with E-state index < -0.39 is 0 Å². The number of nitrogens with zero attached hydrogens (tertiary/aromatic N) is 1. The van der Waals surface area contributed by atoms with Crippen LogP contribution in [0.5, 0.6) is 0 Å². The Kier molecular flexibility index (Phi) is 6.90. The van der Waals surface area contributed by atoms with Gasteiger partial charge in [0.15, 0.2) is 0 Å².